The lowest BCUT2D eigenvalue weighted by atomic mass is 9.81. The van der Waals surface area contributed by atoms with Gasteiger partial charge < -0.3 is 31.4 Å². The van der Waals surface area contributed by atoms with Gasteiger partial charge in [0.2, 0.25) is 5.69 Å². The Balaban J connectivity index is 0.00000562. The SMILES string of the molecule is CCOC(=O)CCCN1C(=CC=C2CCCC(C=CC3=[N+](CCCC(=O)OCC)c4ccccc4C3(C)C)=C2Cl)C(C)(C)c2ccccc21.[Br-]. The van der Waals surface area contributed by atoms with Crippen LogP contribution in [0.25, 0.3) is 0 Å². The molecular weight excluding hydrogens is 712 g/mol. The van der Waals surface area contributed by atoms with Gasteiger partial charge in [0.25, 0.3) is 0 Å². The molecule has 0 aromatic heterocycles. The molecule has 8 heteroatoms. The van der Waals surface area contributed by atoms with Gasteiger partial charge in [-0.3, -0.25) is 9.59 Å². The molecule has 0 amide bonds. The lowest BCUT2D eigenvalue weighted by molar-refractivity contribution is -0.438. The zero-order valence-electron chi connectivity index (χ0n) is 30.5. The molecule has 0 bridgehead atoms. The first-order valence-corrected chi connectivity index (χ1v) is 18.3. The molecule has 0 atom stereocenters. The maximum absolute atomic E-state index is 12.1. The van der Waals surface area contributed by atoms with Crippen molar-refractivity contribution in [2.45, 2.75) is 97.3 Å². The van der Waals surface area contributed by atoms with Crippen LogP contribution in [0.4, 0.5) is 11.4 Å². The molecule has 0 fully saturated rings. The van der Waals surface area contributed by atoms with Gasteiger partial charge in [-0.05, 0) is 82.2 Å². The number of carbonyl (C=O) groups excluding carboxylic acids is 2. The fraction of sp³-hybridized carbons (Fsp3) is 0.452. The largest absolute Gasteiger partial charge is 1.00 e. The number of ether oxygens (including phenoxy) is 2. The second kappa shape index (κ2) is 17.2. The summed E-state index contributed by atoms with van der Waals surface area (Å²) in [7, 11) is 0. The van der Waals surface area contributed by atoms with Crippen molar-refractivity contribution in [3.8, 4) is 0 Å². The number of carbonyl (C=O) groups is 2. The highest BCUT2D eigenvalue weighted by Gasteiger charge is 2.44. The molecule has 0 saturated carbocycles. The van der Waals surface area contributed by atoms with Crippen LogP contribution in [-0.4, -0.2) is 48.5 Å². The summed E-state index contributed by atoms with van der Waals surface area (Å²) < 4.78 is 12.7. The lowest BCUT2D eigenvalue weighted by Crippen LogP contribution is -3.00. The highest BCUT2D eigenvalue weighted by atomic mass is 79.9. The number of benzene rings is 2. The van der Waals surface area contributed by atoms with Crippen molar-refractivity contribution in [3.05, 3.63) is 106 Å². The van der Waals surface area contributed by atoms with Gasteiger partial charge in [0.15, 0.2) is 5.71 Å². The molecule has 2 heterocycles. The molecule has 1 aliphatic carbocycles. The number of para-hydroxylation sites is 2. The summed E-state index contributed by atoms with van der Waals surface area (Å²) >= 11 is 7.20. The minimum absolute atomic E-state index is 0. The van der Waals surface area contributed by atoms with Gasteiger partial charge in [-0.15, -0.1) is 0 Å². The van der Waals surface area contributed by atoms with E-state index >= 15 is 0 Å². The van der Waals surface area contributed by atoms with Crippen molar-refractivity contribution in [2.24, 2.45) is 0 Å². The van der Waals surface area contributed by atoms with Gasteiger partial charge in [-0.25, -0.2) is 0 Å². The van der Waals surface area contributed by atoms with E-state index in [0.717, 1.165) is 48.5 Å². The Morgan fingerprint density at radius 3 is 2.18 bits per heavy atom. The predicted octanol–water partition coefficient (Wildman–Crippen LogP) is 6.59. The third-order valence-corrected chi connectivity index (χ3v) is 10.6. The van der Waals surface area contributed by atoms with Crippen LogP contribution < -0.4 is 21.9 Å². The van der Waals surface area contributed by atoms with E-state index in [9.17, 15) is 9.59 Å². The van der Waals surface area contributed by atoms with Gasteiger partial charge in [0.05, 0.1) is 25.0 Å². The quantitative estimate of drug-likeness (QED) is 0.170. The van der Waals surface area contributed by atoms with E-state index in [4.69, 9.17) is 21.1 Å². The molecule has 2 aliphatic heterocycles. The summed E-state index contributed by atoms with van der Waals surface area (Å²) in [6, 6.07) is 17.1. The minimum Gasteiger partial charge on any atom is -1.00 e. The third kappa shape index (κ3) is 8.37. The Hall–Kier alpha value is -3.42. The van der Waals surface area contributed by atoms with Crippen LogP contribution in [-0.2, 0) is 29.9 Å². The van der Waals surface area contributed by atoms with Gasteiger partial charge in [-0.2, -0.15) is 4.58 Å². The standard InChI is InChI=1S/C42H52ClN2O4.BrH/c1-7-48-38(46)22-14-28-44-34-20-11-9-18-32(34)41(3,4)36(44)26-24-30-16-13-17-31(40(30)43)25-27-37-42(5,6)33-19-10-12-21-35(33)45(37)29-15-23-39(47)49-8-2;/h9-12,18-21,24-27H,7-8,13-17,22-23,28-29H2,1-6H3;1H/q+1;/p-1. The van der Waals surface area contributed by atoms with Crippen LogP contribution in [0.2, 0.25) is 0 Å². The van der Waals surface area contributed by atoms with Crippen LogP contribution in [0.15, 0.2) is 94.7 Å². The Bertz CT molecular complexity index is 1730. The van der Waals surface area contributed by atoms with E-state index in [1.165, 1.54) is 33.9 Å². The first kappa shape index (κ1) is 39.4. The fourth-order valence-corrected chi connectivity index (χ4v) is 7.88. The van der Waals surface area contributed by atoms with E-state index in [-0.39, 0.29) is 39.8 Å². The second-order valence-electron chi connectivity index (χ2n) is 14.1. The van der Waals surface area contributed by atoms with Gasteiger partial charge in [0.1, 0.15) is 6.54 Å². The average molecular weight is 764 g/mol. The number of hydrogen-bond donors (Lipinski definition) is 0. The van der Waals surface area contributed by atoms with Crippen molar-refractivity contribution in [3.63, 3.8) is 0 Å². The number of nitrogens with zero attached hydrogens (tertiary/aromatic N) is 2. The molecule has 0 radical (unpaired) electrons. The molecule has 2 aromatic rings. The molecule has 0 unspecified atom stereocenters. The number of fused-ring (bicyclic) bond motifs is 2. The van der Waals surface area contributed by atoms with Crippen LogP contribution in [0.5, 0.6) is 0 Å². The molecule has 6 nitrogen and oxygen atoms in total. The fourth-order valence-electron chi connectivity index (χ4n) is 7.56. The smallest absolute Gasteiger partial charge is 0.306 e. The average Bonchev–Trinajstić information content (AvgIpc) is 3.42. The molecule has 0 saturated heterocycles. The van der Waals surface area contributed by atoms with Crippen molar-refractivity contribution in [1.29, 1.82) is 0 Å². The minimum atomic E-state index is -0.193. The molecule has 0 spiro atoms. The maximum Gasteiger partial charge on any atom is 0.306 e. The Morgan fingerprint density at radius 1 is 0.840 bits per heavy atom. The number of halogens is 2. The number of allylic oxidation sites excluding steroid dienone is 8. The van der Waals surface area contributed by atoms with Crippen molar-refractivity contribution in [1.82, 2.24) is 0 Å². The predicted molar refractivity (Wildman–Crippen MR) is 200 cm³/mol. The van der Waals surface area contributed by atoms with E-state index in [1.54, 1.807) is 0 Å². The molecule has 2 aromatic carbocycles. The first-order chi connectivity index (χ1) is 23.5. The van der Waals surface area contributed by atoms with Crippen LogP contribution in [0.3, 0.4) is 0 Å². The maximum atomic E-state index is 12.1. The highest BCUT2D eigenvalue weighted by molar-refractivity contribution is 6.32. The first-order valence-electron chi connectivity index (χ1n) is 17.9. The van der Waals surface area contributed by atoms with Gasteiger partial charge in [-0.1, -0.05) is 74.0 Å². The van der Waals surface area contributed by atoms with E-state index in [1.807, 2.05) is 13.8 Å². The van der Waals surface area contributed by atoms with Crippen molar-refractivity contribution < 1.29 is 40.6 Å². The van der Waals surface area contributed by atoms with E-state index in [2.05, 4.69) is 110 Å². The van der Waals surface area contributed by atoms with Crippen molar-refractivity contribution in [2.75, 3.05) is 31.2 Å². The zero-order chi connectivity index (χ0) is 35.2. The zero-order valence-corrected chi connectivity index (χ0v) is 32.8. The number of esters is 2. The van der Waals surface area contributed by atoms with Crippen molar-refractivity contribution >= 4 is 40.6 Å². The highest BCUT2D eigenvalue weighted by Crippen LogP contribution is 2.48. The second-order valence-corrected chi connectivity index (χ2v) is 14.4. The van der Waals surface area contributed by atoms with E-state index < -0.39 is 0 Å². The monoisotopic (exact) mass is 762 g/mol. The summed E-state index contributed by atoms with van der Waals surface area (Å²) in [5.41, 5.74) is 9.27. The Labute approximate surface area is 314 Å². The summed E-state index contributed by atoms with van der Waals surface area (Å²) in [6.45, 7) is 15.0. The van der Waals surface area contributed by atoms with Gasteiger partial charge >= 0.3 is 11.9 Å². The summed E-state index contributed by atoms with van der Waals surface area (Å²) in [5.74, 6) is -0.297. The number of hydrogen-bond acceptors (Lipinski definition) is 5. The van der Waals surface area contributed by atoms with Gasteiger partial charge in [0, 0.05) is 58.9 Å². The summed E-state index contributed by atoms with van der Waals surface area (Å²) in [5, 5.41) is 0.823. The molecule has 0 N–H and O–H groups in total. The van der Waals surface area contributed by atoms with Crippen LogP contribution >= 0.6 is 11.6 Å². The molecular formula is C42H52BrClN2O4. The third-order valence-electron chi connectivity index (χ3n) is 10.1. The molecule has 3 aliphatic rings. The van der Waals surface area contributed by atoms with Crippen LogP contribution in [0, 0.1) is 0 Å². The summed E-state index contributed by atoms with van der Waals surface area (Å²) in [4.78, 5) is 26.6. The lowest BCUT2D eigenvalue weighted by Gasteiger charge is -2.27. The molecule has 50 heavy (non-hydrogen) atoms. The molecule has 268 valence electrons. The molecule has 5 rings (SSSR count). The van der Waals surface area contributed by atoms with E-state index in [0.29, 0.717) is 38.9 Å². The number of rotatable bonds is 13. The topological polar surface area (TPSA) is 58.8 Å². The van der Waals surface area contributed by atoms with Crippen LogP contribution in [0.1, 0.15) is 97.6 Å². The normalized spacial score (nSPS) is 19.2. The summed E-state index contributed by atoms with van der Waals surface area (Å²) in [6.07, 6.45) is 14.0. The number of anilines is 1. The Kier molecular flexibility index (Phi) is 13.5. The Morgan fingerprint density at radius 2 is 1.48 bits per heavy atom.